The maximum atomic E-state index is 5.08. The molecule has 0 saturated carbocycles. The first-order chi connectivity index (χ1) is 5.40. The Labute approximate surface area is 69.2 Å². The lowest BCUT2D eigenvalue weighted by atomic mass is 10.2. The molecule has 1 aromatic carbocycles. The largest absolute Gasteiger partial charge is 0.497 e. The van der Waals surface area contributed by atoms with Crippen molar-refractivity contribution < 1.29 is 4.74 Å². The maximum absolute atomic E-state index is 5.08. The van der Waals surface area contributed by atoms with Crippen LogP contribution in [0.15, 0.2) is 24.3 Å². The van der Waals surface area contributed by atoms with Crippen LogP contribution in [0.2, 0.25) is 0 Å². The van der Waals surface area contributed by atoms with Crippen LogP contribution in [0.5, 0.6) is 5.75 Å². The van der Waals surface area contributed by atoms with E-state index in [-0.39, 0.29) is 0 Å². The van der Waals surface area contributed by atoms with Gasteiger partial charge < -0.3 is 4.74 Å². The van der Waals surface area contributed by atoms with Crippen LogP contribution < -0.4 is 4.74 Å². The van der Waals surface area contributed by atoms with Gasteiger partial charge in [-0.15, -0.1) is 11.3 Å². The summed E-state index contributed by atoms with van der Waals surface area (Å²) in [5.41, 5.74) is 0. The minimum Gasteiger partial charge on any atom is -0.497 e. The zero-order chi connectivity index (χ0) is 7.68. The molecule has 0 aliphatic heterocycles. The summed E-state index contributed by atoms with van der Waals surface area (Å²) in [7, 11) is 1.68. The van der Waals surface area contributed by atoms with E-state index < -0.39 is 0 Å². The van der Waals surface area contributed by atoms with Crippen LogP contribution in [0.1, 0.15) is 0 Å². The fourth-order valence-corrected chi connectivity index (χ4v) is 1.74. The van der Waals surface area contributed by atoms with E-state index in [1.165, 1.54) is 10.1 Å². The standard InChI is InChI=1S/C9H7OS/c1-10-8-3-2-7-4-5-11-9(7)6-8/h2-4,6H,1H3. The summed E-state index contributed by atoms with van der Waals surface area (Å²) < 4.78 is 6.31. The van der Waals surface area contributed by atoms with Gasteiger partial charge in [0.2, 0.25) is 0 Å². The maximum Gasteiger partial charge on any atom is 0.120 e. The second-order valence-corrected chi connectivity index (χ2v) is 3.15. The van der Waals surface area contributed by atoms with Gasteiger partial charge in [-0.2, -0.15) is 0 Å². The molecule has 0 fully saturated rings. The number of methoxy groups -OCH3 is 1. The summed E-state index contributed by atoms with van der Waals surface area (Å²) >= 11 is 1.61. The second-order valence-electron chi connectivity index (χ2n) is 2.27. The summed E-state index contributed by atoms with van der Waals surface area (Å²) in [6, 6.07) is 8.01. The molecule has 2 aromatic rings. The van der Waals surface area contributed by atoms with Crippen LogP contribution in [-0.2, 0) is 0 Å². The van der Waals surface area contributed by atoms with Crippen molar-refractivity contribution in [2.45, 2.75) is 0 Å². The number of ether oxygens (including phenoxy) is 1. The average Bonchev–Trinajstić information content (AvgIpc) is 2.50. The quantitative estimate of drug-likeness (QED) is 0.628. The number of thiophene rings is 1. The van der Waals surface area contributed by atoms with Gasteiger partial charge >= 0.3 is 0 Å². The Morgan fingerprint density at radius 2 is 2.36 bits per heavy atom. The van der Waals surface area contributed by atoms with E-state index in [1.54, 1.807) is 18.4 Å². The lowest BCUT2D eigenvalue weighted by Crippen LogP contribution is -1.79. The van der Waals surface area contributed by atoms with Crippen LogP contribution in [0, 0.1) is 5.38 Å². The molecule has 2 heteroatoms. The first-order valence-corrected chi connectivity index (χ1v) is 4.15. The smallest absolute Gasteiger partial charge is 0.120 e. The van der Waals surface area contributed by atoms with Crippen LogP contribution in [0.25, 0.3) is 10.1 Å². The highest BCUT2D eigenvalue weighted by Gasteiger charge is 1.95. The van der Waals surface area contributed by atoms with Gasteiger partial charge in [-0.3, -0.25) is 0 Å². The Bertz CT molecular complexity index is 364. The monoisotopic (exact) mass is 163 g/mol. The van der Waals surface area contributed by atoms with E-state index in [0.717, 1.165) is 5.75 Å². The molecule has 0 aliphatic rings. The Morgan fingerprint density at radius 1 is 1.45 bits per heavy atom. The summed E-state index contributed by atoms with van der Waals surface area (Å²) in [6.07, 6.45) is 0. The fraction of sp³-hybridized carbons (Fsp3) is 0.111. The minimum absolute atomic E-state index is 0.911. The first-order valence-electron chi connectivity index (χ1n) is 3.34. The van der Waals surface area contributed by atoms with Crippen molar-refractivity contribution in [1.82, 2.24) is 0 Å². The molecule has 0 aliphatic carbocycles. The van der Waals surface area contributed by atoms with E-state index in [0.29, 0.717) is 0 Å². The summed E-state index contributed by atoms with van der Waals surface area (Å²) in [6.45, 7) is 0. The molecule has 2 rings (SSSR count). The van der Waals surface area contributed by atoms with Crippen molar-refractivity contribution >= 4 is 21.4 Å². The van der Waals surface area contributed by atoms with E-state index in [2.05, 4.69) is 5.38 Å². The Hall–Kier alpha value is -1.02. The van der Waals surface area contributed by atoms with Crippen LogP contribution >= 0.6 is 11.3 Å². The summed E-state index contributed by atoms with van der Waals surface area (Å²) in [4.78, 5) is 0. The van der Waals surface area contributed by atoms with Crippen LogP contribution in [0.4, 0.5) is 0 Å². The van der Waals surface area contributed by atoms with Gasteiger partial charge in [-0.1, -0.05) is 0 Å². The number of hydrogen-bond acceptors (Lipinski definition) is 2. The third kappa shape index (κ3) is 1.10. The molecule has 11 heavy (non-hydrogen) atoms. The number of fused-ring (bicyclic) bond motifs is 1. The van der Waals surface area contributed by atoms with Crippen molar-refractivity contribution in [1.29, 1.82) is 0 Å². The van der Waals surface area contributed by atoms with E-state index in [4.69, 9.17) is 4.74 Å². The van der Waals surface area contributed by atoms with Gasteiger partial charge in [0.25, 0.3) is 0 Å². The summed E-state index contributed by atoms with van der Waals surface area (Å²) in [5, 5.41) is 4.31. The topological polar surface area (TPSA) is 9.23 Å². The lowest BCUT2D eigenvalue weighted by molar-refractivity contribution is 0.415. The Balaban J connectivity index is 2.67. The minimum atomic E-state index is 0.911. The molecule has 0 saturated heterocycles. The van der Waals surface area contributed by atoms with Crippen LogP contribution in [-0.4, -0.2) is 7.11 Å². The van der Waals surface area contributed by atoms with Gasteiger partial charge in [-0.25, -0.2) is 0 Å². The van der Waals surface area contributed by atoms with Crippen molar-refractivity contribution in [2.75, 3.05) is 7.11 Å². The molecule has 0 atom stereocenters. The summed E-state index contributed by atoms with van der Waals surface area (Å²) in [5.74, 6) is 0.911. The molecule has 1 nitrogen and oxygen atoms in total. The fourth-order valence-electron chi connectivity index (χ4n) is 1.01. The highest BCUT2D eigenvalue weighted by molar-refractivity contribution is 7.16. The lowest BCUT2D eigenvalue weighted by Gasteiger charge is -1.97. The zero-order valence-corrected chi connectivity index (χ0v) is 6.94. The SMILES string of the molecule is COc1ccc2c[c]sc2c1. The highest BCUT2D eigenvalue weighted by Crippen LogP contribution is 2.24. The molecule has 0 N–H and O–H groups in total. The first kappa shape index (κ1) is 6.68. The van der Waals surface area contributed by atoms with E-state index in [9.17, 15) is 0 Å². The second kappa shape index (κ2) is 2.55. The highest BCUT2D eigenvalue weighted by atomic mass is 32.1. The van der Waals surface area contributed by atoms with Gasteiger partial charge in [0.15, 0.2) is 0 Å². The van der Waals surface area contributed by atoms with E-state index >= 15 is 0 Å². The molecule has 0 spiro atoms. The molecule has 1 aromatic heterocycles. The third-order valence-electron chi connectivity index (χ3n) is 1.60. The molecule has 1 radical (unpaired) electrons. The third-order valence-corrected chi connectivity index (χ3v) is 2.41. The Kier molecular flexibility index (Phi) is 1.55. The number of rotatable bonds is 1. The molecule has 1 heterocycles. The number of benzene rings is 1. The van der Waals surface area contributed by atoms with Gasteiger partial charge in [0.1, 0.15) is 5.75 Å². The normalized spacial score (nSPS) is 10.3. The van der Waals surface area contributed by atoms with Crippen molar-refractivity contribution in [3.05, 3.63) is 29.6 Å². The molecular formula is C9H7OS. The molecular weight excluding hydrogens is 156 g/mol. The van der Waals surface area contributed by atoms with Gasteiger partial charge in [0.05, 0.1) is 7.11 Å². The predicted molar refractivity (Wildman–Crippen MR) is 47.2 cm³/mol. The average molecular weight is 163 g/mol. The van der Waals surface area contributed by atoms with E-state index in [1.807, 2.05) is 24.3 Å². The van der Waals surface area contributed by atoms with Crippen molar-refractivity contribution in [3.8, 4) is 5.75 Å². The van der Waals surface area contributed by atoms with Crippen LogP contribution in [0.3, 0.4) is 0 Å². The van der Waals surface area contributed by atoms with Gasteiger partial charge in [0, 0.05) is 10.1 Å². The number of hydrogen-bond donors (Lipinski definition) is 0. The molecule has 55 valence electrons. The zero-order valence-electron chi connectivity index (χ0n) is 6.13. The van der Waals surface area contributed by atoms with Gasteiger partial charge in [-0.05, 0) is 29.7 Å². The van der Waals surface area contributed by atoms with Crippen molar-refractivity contribution in [3.63, 3.8) is 0 Å². The molecule has 0 bridgehead atoms. The Morgan fingerprint density at radius 3 is 3.18 bits per heavy atom. The molecule has 0 unspecified atom stereocenters. The molecule has 0 amide bonds. The predicted octanol–water partition coefficient (Wildman–Crippen LogP) is 2.71. The van der Waals surface area contributed by atoms with Crippen molar-refractivity contribution in [2.24, 2.45) is 0 Å².